The highest BCUT2D eigenvalue weighted by Crippen LogP contribution is 2.31. The number of allylic oxidation sites excluding steroid dienone is 1. The molecule has 0 radical (unpaired) electrons. The Kier molecular flexibility index (Phi) is 4.90. The van der Waals surface area contributed by atoms with Crippen LogP contribution in [-0.4, -0.2) is 6.04 Å². The van der Waals surface area contributed by atoms with Crippen molar-refractivity contribution in [2.75, 3.05) is 0 Å². The zero-order valence-electron chi connectivity index (χ0n) is 10.6. The van der Waals surface area contributed by atoms with E-state index in [1.165, 1.54) is 70.6 Å². The number of hydrogen-bond donors (Lipinski definition) is 1. The van der Waals surface area contributed by atoms with E-state index in [-0.39, 0.29) is 0 Å². The Morgan fingerprint density at radius 2 is 1.62 bits per heavy atom. The molecular weight excluding hydrogens is 194 g/mol. The third-order valence-corrected chi connectivity index (χ3v) is 4.41. The SMILES string of the molecule is NC(C1=CCCCCCC1)C1CCCCC1. The molecule has 16 heavy (non-hydrogen) atoms. The summed E-state index contributed by atoms with van der Waals surface area (Å²) in [6.07, 6.45) is 17.6. The first kappa shape index (κ1) is 12.2. The summed E-state index contributed by atoms with van der Waals surface area (Å²) in [5.74, 6) is 0.791. The van der Waals surface area contributed by atoms with Crippen LogP contribution in [0.1, 0.15) is 70.6 Å². The average Bonchev–Trinajstić information content (AvgIpc) is 2.29. The van der Waals surface area contributed by atoms with Gasteiger partial charge in [0.15, 0.2) is 0 Å². The predicted molar refractivity (Wildman–Crippen MR) is 70.3 cm³/mol. The number of nitrogens with two attached hydrogens (primary N) is 1. The molecule has 0 heterocycles. The summed E-state index contributed by atoms with van der Waals surface area (Å²) in [5, 5.41) is 0. The van der Waals surface area contributed by atoms with Crippen molar-refractivity contribution < 1.29 is 0 Å². The van der Waals surface area contributed by atoms with Crippen molar-refractivity contribution in [3.63, 3.8) is 0 Å². The molecule has 1 fully saturated rings. The fraction of sp³-hybridized carbons (Fsp3) is 0.867. The van der Waals surface area contributed by atoms with E-state index in [1.54, 1.807) is 5.57 Å². The van der Waals surface area contributed by atoms with Crippen LogP contribution in [0.25, 0.3) is 0 Å². The second-order valence-electron chi connectivity index (χ2n) is 5.66. The van der Waals surface area contributed by atoms with Gasteiger partial charge in [-0.15, -0.1) is 0 Å². The van der Waals surface area contributed by atoms with Crippen molar-refractivity contribution in [1.29, 1.82) is 0 Å². The van der Waals surface area contributed by atoms with E-state index in [2.05, 4.69) is 6.08 Å². The van der Waals surface area contributed by atoms with Crippen LogP contribution in [0.5, 0.6) is 0 Å². The van der Waals surface area contributed by atoms with Crippen molar-refractivity contribution in [1.82, 2.24) is 0 Å². The highest BCUT2D eigenvalue weighted by atomic mass is 14.7. The van der Waals surface area contributed by atoms with Gasteiger partial charge in [0.05, 0.1) is 0 Å². The molecule has 0 amide bonds. The largest absolute Gasteiger partial charge is 0.324 e. The lowest BCUT2D eigenvalue weighted by Crippen LogP contribution is -2.33. The van der Waals surface area contributed by atoms with Crippen LogP contribution in [0.15, 0.2) is 11.6 Å². The molecule has 1 saturated carbocycles. The molecule has 1 nitrogen and oxygen atoms in total. The number of hydrogen-bond acceptors (Lipinski definition) is 1. The van der Waals surface area contributed by atoms with Gasteiger partial charge in [0, 0.05) is 6.04 Å². The molecule has 1 atom stereocenters. The van der Waals surface area contributed by atoms with E-state index >= 15 is 0 Å². The second-order valence-corrected chi connectivity index (χ2v) is 5.66. The minimum Gasteiger partial charge on any atom is -0.324 e. The summed E-state index contributed by atoms with van der Waals surface area (Å²) in [6, 6.07) is 0.387. The highest BCUT2D eigenvalue weighted by molar-refractivity contribution is 5.12. The molecule has 0 bridgehead atoms. The van der Waals surface area contributed by atoms with Gasteiger partial charge in [0.25, 0.3) is 0 Å². The summed E-state index contributed by atoms with van der Waals surface area (Å²) >= 11 is 0. The molecule has 0 saturated heterocycles. The van der Waals surface area contributed by atoms with Crippen LogP contribution in [0.2, 0.25) is 0 Å². The predicted octanol–water partition coefficient (Wildman–Crippen LogP) is 4.17. The van der Waals surface area contributed by atoms with Crippen molar-refractivity contribution in [3.05, 3.63) is 11.6 Å². The topological polar surface area (TPSA) is 26.0 Å². The molecule has 0 spiro atoms. The molecule has 92 valence electrons. The van der Waals surface area contributed by atoms with Crippen molar-refractivity contribution in [2.45, 2.75) is 76.7 Å². The monoisotopic (exact) mass is 221 g/mol. The molecule has 0 aromatic rings. The Bertz CT molecular complexity index is 226. The van der Waals surface area contributed by atoms with Gasteiger partial charge in [-0.05, 0) is 44.4 Å². The first-order valence-electron chi connectivity index (χ1n) is 7.32. The van der Waals surface area contributed by atoms with Crippen LogP contribution in [-0.2, 0) is 0 Å². The standard InChI is InChI=1S/C15H27N/c16-15(14-11-7-4-8-12-14)13-9-5-2-1-3-6-10-13/h9,14-15H,1-8,10-12,16H2. The Balaban J connectivity index is 1.92. The van der Waals surface area contributed by atoms with Crippen molar-refractivity contribution in [3.8, 4) is 0 Å². The van der Waals surface area contributed by atoms with Crippen LogP contribution in [0.4, 0.5) is 0 Å². The highest BCUT2D eigenvalue weighted by Gasteiger charge is 2.23. The molecular formula is C15H27N. The van der Waals surface area contributed by atoms with E-state index in [0.717, 1.165) is 5.92 Å². The number of rotatable bonds is 2. The Morgan fingerprint density at radius 1 is 0.938 bits per heavy atom. The summed E-state index contributed by atoms with van der Waals surface area (Å²) in [7, 11) is 0. The van der Waals surface area contributed by atoms with Crippen LogP contribution in [0.3, 0.4) is 0 Å². The van der Waals surface area contributed by atoms with Gasteiger partial charge in [-0.3, -0.25) is 0 Å². The lowest BCUT2D eigenvalue weighted by Gasteiger charge is -2.30. The van der Waals surface area contributed by atoms with Gasteiger partial charge in [-0.1, -0.05) is 43.8 Å². The van der Waals surface area contributed by atoms with Gasteiger partial charge >= 0.3 is 0 Å². The van der Waals surface area contributed by atoms with E-state index < -0.39 is 0 Å². The second kappa shape index (κ2) is 6.44. The molecule has 0 aromatic carbocycles. The molecule has 1 unspecified atom stereocenters. The van der Waals surface area contributed by atoms with Gasteiger partial charge in [0.1, 0.15) is 0 Å². The maximum atomic E-state index is 6.48. The zero-order valence-corrected chi connectivity index (χ0v) is 10.6. The van der Waals surface area contributed by atoms with E-state index in [9.17, 15) is 0 Å². The molecule has 2 aliphatic rings. The third-order valence-electron chi connectivity index (χ3n) is 4.41. The summed E-state index contributed by atoms with van der Waals surface area (Å²) in [5.41, 5.74) is 8.06. The van der Waals surface area contributed by atoms with Crippen LogP contribution in [0, 0.1) is 5.92 Å². The molecule has 2 aliphatic carbocycles. The van der Waals surface area contributed by atoms with Gasteiger partial charge in [-0.2, -0.15) is 0 Å². The quantitative estimate of drug-likeness (QED) is 0.696. The molecule has 1 heteroatoms. The van der Waals surface area contributed by atoms with Gasteiger partial charge in [-0.25, -0.2) is 0 Å². The fourth-order valence-electron chi connectivity index (χ4n) is 3.32. The zero-order chi connectivity index (χ0) is 11.2. The van der Waals surface area contributed by atoms with E-state index in [4.69, 9.17) is 5.73 Å². The maximum absolute atomic E-state index is 6.48. The van der Waals surface area contributed by atoms with Crippen LogP contribution < -0.4 is 5.73 Å². The Morgan fingerprint density at radius 3 is 2.44 bits per heavy atom. The van der Waals surface area contributed by atoms with Crippen molar-refractivity contribution >= 4 is 0 Å². The first-order valence-corrected chi connectivity index (χ1v) is 7.32. The molecule has 2 rings (SSSR count). The van der Waals surface area contributed by atoms with E-state index in [0.29, 0.717) is 6.04 Å². The van der Waals surface area contributed by atoms with Crippen molar-refractivity contribution in [2.24, 2.45) is 11.7 Å². The Hall–Kier alpha value is -0.300. The lowest BCUT2D eigenvalue weighted by atomic mass is 9.79. The average molecular weight is 221 g/mol. The van der Waals surface area contributed by atoms with Gasteiger partial charge < -0.3 is 5.73 Å². The third kappa shape index (κ3) is 3.35. The van der Waals surface area contributed by atoms with Gasteiger partial charge in [0.2, 0.25) is 0 Å². The minimum atomic E-state index is 0.387. The Labute approximate surface area is 100 Å². The van der Waals surface area contributed by atoms with Crippen LogP contribution >= 0.6 is 0 Å². The summed E-state index contributed by atoms with van der Waals surface area (Å²) in [4.78, 5) is 0. The minimum absolute atomic E-state index is 0.387. The maximum Gasteiger partial charge on any atom is 0.0282 e. The first-order chi connectivity index (χ1) is 7.88. The molecule has 2 N–H and O–H groups in total. The fourth-order valence-corrected chi connectivity index (χ4v) is 3.32. The molecule has 0 aromatic heterocycles. The summed E-state index contributed by atoms with van der Waals surface area (Å²) < 4.78 is 0. The smallest absolute Gasteiger partial charge is 0.0282 e. The molecule has 0 aliphatic heterocycles. The lowest BCUT2D eigenvalue weighted by molar-refractivity contribution is 0.320. The van der Waals surface area contributed by atoms with E-state index in [1.807, 2.05) is 0 Å². The normalized spacial score (nSPS) is 26.7. The summed E-state index contributed by atoms with van der Waals surface area (Å²) in [6.45, 7) is 0.